The van der Waals surface area contributed by atoms with Gasteiger partial charge in [-0.2, -0.15) is 0 Å². The zero-order valence-corrected chi connectivity index (χ0v) is 8.96. The van der Waals surface area contributed by atoms with E-state index in [0.29, 0.717) is 18.5 Å². The topological polar surface area (TPSA) is 66.5 Å². The predicted molar refractivity (Wildman–Crippen MR) is 54.4 cm³/mol. The van der Waals surface area contributed by atoms with Crippen LogP contribution in [-0.4, -0.2) is 16.8 Å². The minimum atomic E-state index is -0.839. The van der Waals surface area contributed by atoms with E-state index in [1.807, 2.05) is 0 Å². The molecule has 0 amide bonds. The number of aliphatic hydroxyl groups excluding tert-OH is 1. The number of halogens is 2. The fourth-order valence-electron chi connectivity index (χ4n) is 1.11. The summed E-state index contributed by atoms with van der Waals surface area (Å²) in [5, 5.41) is 18.8. The van der Waals surface area contributed by atoms with Crippen molar-refractivity contribution < 1.29 is 14.6 Å². The summed E-state index contributed by atoms with van der Waals surface area (Å²) in [7, 11) is 0. The van der Waals surface area contributed by atoms with Gasteiger partial charge in [-0.3, -0.25) is 0 Å². The molecule has 0 spiro atoms. The van der Waals surface area contributed by atoms with E-state index in [1.165, 1.54) is 12.1 Å². The molecule has 0 saturated carbocycles. The van der Waals surface area contributed by atoms with Gasteiger partial charge in [0.2, 0.25) is 0 Å². The highest BCUT2D eigenvalue weighted by Gasteiger charge is 2.12. The minimum absolute atomic E-state index is 0.00111. The van der Waals surface area contributed by atoms with Crippen molar-refractivity contribution in [1.82, 2.24) is 0 Å². The number of hydrogen-bond donors (Lipinski definition) is 3. The molecule has 4 N–H and O–H groups in total. The number of phenols is 1. The monoisotopic (exact) mass is 263 g/mol. The second kappa shape index (κ2) is 4.72. The van der Waals surface area contributed by atoms with Gasteiger partial charge in [0, 0.05) is 0 Å². The molecule has 0 aliphatic rings. The molecule has 0 bridgehead atoms. The third-order valence-electron chi connectivity index (χ3n) is 1.86. The van der Waals surface area contributed by atoms with Crippen molar-refractivity contribution in [2.75, 3.05) is 6.54 Å². The molecule has 1 aromatic rings. The molecule has 0 aliphatic heterocycles. The van der Waals surface area contributed by atoms with Crippen molar-refractivity contribution >= 4 is 15.9 Å². The van der Waals surface area contributed by atoms with Crippen molar-refractivity contribution in [1.29, 1.82) is 0 Å². The Morgan fingerprint density at radius 2 is 2.14 bits per heavy atom. The summed E-state index contributed by atoms with van der Waals surface area (Å²) in [5.74, 6) is -0.827. The van der Waals surface area contributed by atoms with E-state index in [4.69, 9.17) is 5.73 Å². The van der Waals surface area contributed by atoms with Crippen LogP contribution in [0.1, 0.15) is 18.1 Å². The molecule has 0 aromatic heterocycles. The highest BCUT2D eigenvalue weighted by Crippen LogP contribution is 2.30. The molecule has 78 valence electrons. The number of benzene rings is 1. The lowest BCUT2D eigenvalue weighted by atomic mass is 10.1. The van der Waals surface area contributed by atoms with Crippen molar-refractivity contribution in [3.63, 3.8) is 0 Å². The summed E-state index contributed by atoms with van der Waals surface area (Å²) < 4.78 is 13.1. The van der Waals surface area contributed by atoms with E-state index in [1.54, 1.807) is 0 Å². The van der Waals surface area contributed by atoms with Crippen LogP contribution in [0.15, 0.2) is 16.6 Å². The molecule has 0 saturated heterocycles. The highest BCUT2D eigenvalue weighted by molar-refractivity contribution is 9.10. The number of phenolic OH excluding ortho intramolecular Hbond substituents is 1. The zero-order valence-electron chi connectivity index (χ0n) is 7.37. The minimum Gasteiger partial charge on any atom is -0.507 e. The lowest BCUT2D eigenvalue weighted by molar-refractivity contribution is 0.169. The van der Waals surface area contributed by atoms with Gasteiger partial charge >= 0.3 is 0 Å². The second-order valence-corrected chi connectivity index (χ2v) is 3.72. The summed E-state index contributed by atoms with van der Waals surface area (Å²) in [6, 6.07) is 2.48. The quantitative estimate of drug-likeness (QED) is 0.778. The molecule has 5 heteroatoms. The lowest BCUT2D eigenvalue weighted by Gasteiger charge is -2.10. The first-order valence-corrected chi connectivity index (χ1v) is 4.91. The van der Waals surface area contributed by atoms with Crippen LogP contribution in [0.4, 0.5) is 4.39 Å². The summed E-state index contributed by atoms with van der Waals surface area (Å²) in [4.78, 5) is 0. The third-order valence-corrected chi connectivity index (χ3v) is 2.64. The van der Waals surface area contributed by atoms with Gasteiger partial charge in [0.15, 0.2) is 0 Å². The van der Waals surface area contributed by atoms with E-state index >= 15 is 0 Å². The van der Waals surface area contributed by atoms with Crippen LogP contribution in [-0.2, 0) is 0 Å². The number of hydrogen-bond acceptors (Lipinski definition) is 3. The molecule has 3 nitrogen and oxygen atoms in total. The Morgan fingerprint density at radius 1 is 1.50 bits per heavy atom. The summed E-state index contributed by atoms with van der Waals surface area (Å²) in [6.45, 7) is 0.305. The first kappa shape index (κ1) is 11.4. The first-order valence-electron chi connectivity index (χ1n) is 4.12. The fraction of sp³-hybridized carbons (Fsp3) is 0.333. The summed E-state index contributed by atoms with van der Waals surface area (Å²) in [6.07, 6.45) is -0.506. The maximum absolute atomic E-state index is 13.1. The molecule has 1 atom stereocenters. The average Bonchev–Trinajstić information content (AvgIpc) is 2.13. The van der Waals surface area contributed by atoms with Gasteiger partial charge in [-0.1, -0.05) is 0 Å². The van der Waals surface area contributed by atoms with Gasteiger partial charge in [-0.15, -0.1) is 0 Å². The molecule has 1 aromatic carbocycles. The standard InChI is InChI=1S/C9H11BrFNO2/c10-9-6(11)3-5(4-8(9)14)7(13)1-2-12/h3-4,7,13-14H,1-2,12H2. The molecule has 0 aliphatic carbocycles. The van der Waals surface area contributed by atoms with Gasteiger partial charge in [0.25, 0.3) is 0 Å². The molecule has 1 unspecified atom stereocenters. The number of rotatable bonds is 3. The number of nitrogens with two attached hydrogens (primary N) is 1. The fourth-order valence-corrected chi connectivity index (χ4v) is 1.34. The van der Waals surface area contributed by atoms with Crippen LogP contribution >= 0.6 is 15.9 Å². The van der Waals surface area contributed by atoms with E-state index in [9.17, 15) is 14.6 Å². The van der Waals surface area contributed by atoms with Crippen LogP contribution in [0.5, 0.6) is 5.75 Å². The average molecular weight is 264 g/mol. The Balaban J connectivity index is 3.00. The Labute approximate surface area is 89.5 Å². The second-order valence-electron chi connectivity index (χ2n) is 2.93. The van der Waals surface area contributed by atoms with E-state index in [0.717, 1.165) is 0 Å². The normalized spacial score (nSPS) is 12.9. The molecular weight excluding hydrogens is 253 g/mol. The van der Waals surface area contributed by atoms with Crippen molar-refractivity contribution in [3.05, 3.63) is 28.0 Å². The third kappa shape index (κ3) is 2.43. The largest absolute Gasteiger partial charge is 0.507 e. The van der Waals surface area contributed by atoms with Crippen LogP contribution in [0.25, 0.3) is 0 Å². The molecule has 0 fully saturated rings. The summed E-state index contributed by atoms with van der Waals surface area (Å²) in [5.41, 5.74) is 5.57. The van der Waals surface area contributed by atoms with Crippen molar-refractivity contribution in [2.24, 2.45) is 5.73 Å². The first-order chi connectivity index (χ1) is 6.56. The van der Waals surface area contributed by atoms with Crippen LogP contribution in [0.3, 0.4) is 0 Å². The maximum atomic E-state index is 13.1. The molecular formula is C9H11BrFNO2. The van der Waals surface area contributed by atoms with Gasteiger partial charge in [-0.25, -0.2) is 4.39 Å². The van der Waals surface area contributed by atoms with Crippen molar-refractivity contribution in [2.45, 2.75) is 12.5 Å². The molecule has 0 heterocycles. The van der Waals surface area contributed by atoms with E-state index in [2.05, 4.69) is 15.9 Å². The Hall–Kier alpha value is -0.650. The summed E-state index contributed by atoms with van der Waals surface area (Å²) >= 11 is 2.87. The Bertz CT molecular complexity index is 310. The Kier molecular flexibility index (Phi) is 3.86. The Morgan fingerprint density at radius 3 is 2.64 bits per heavy atom. The predicted octanol–water partition coefficient (Wildman–Crippen LogP) is 1.68. The van der Waals surface area contributed by atoms with Gasteiger partial charge in [-0.05, 0) is 46.6 Å². The van der Waals surface area contributed by atoms with Crippen LogP contribution < -0.4 is 5.73 Å². The van der Waals surface area contributed by atoms with Crippen LogP contribution in [0.2, 0.25) is 0 Å². The smallest absolute Gasteiger partial charge is 0.141 e. The van der Waals surface area contributed by atoms with E-state index in [-0.39, 0.29) is 10.2 Å². The van der Waals surface area contributed by atoms with E-state index < -0.39 is 11.9 Å². The SMILES string of the molecule is NCCC(O)c1cc(O)c(Br)c(F)c1. The molecule has 14 heavy (non-hydrogen) atoms. The highest BCUT2D eigenvalue weighted by atomic mass is 79.9. The van der Waals surface area contributed by atoms with Gasteiger partial charge in [0.1, 0.15) is 11.6 Å². The number of aromatic hydroxyl groups is 1. The van der Waals surface area contributed by atoms with Crippen molar-refractivity contribution in [3.8, 4) is 5.75 Å². The maximum Gasteiger partial charge on any atom is 0.141 e. The number of aliphatic hydroxyl groups is 1. The van der Waals surface area contributed by atoms with Gasteiger partial charge < -0.3 is 15.9 Å². The zero-order chi connectivity index (χ0) is 10.7. The molecule has 1 rings (SSSR count). The van der Waals surface area contributed by atoms with Gasteiger partial charge in [0.05, 0.1) is 10.6 Å². The van der Waals surface area contributed by atoms with Crippen LogP contribution in [0, 0.1) is 5.82 Å². The lowest BCUT2D eigenvalue weighted by Crippen LogP contribution is -2.07. The molecule has 0 radical (unpaired) electrons.